The van der Waals surface area contributed by atoms with E-state index in [9.17, 15) is 14.4 Å². The van der Waals surface area contributed by atoms with E-state index in [-0.39, 0.29) is 42.5 Å². The van der Waals surface area contributed by atoms with E-state index in [1.807, 2.05) is 12.2 Å². The lowest BCUT2D eigenvalue weighted by atomic mass is 9.72. The average Bonchev–Trinajstić information content (AvgIpc) is 3.07. The van der Waals surface area contributed by atoms with Gasteiger partial charge in [-0.1, -0.05) is 12.2 Å². The summed E-state index contributed by atoms with van der Waals surface area (Å²) in [5.41, 5.74) is 0. The number of fused-ring (bicyclic) bond motifs is 3. The van der Waals surface area contributed by atoms with E-state index >= 15 is 0 Å². The third kappa shape index (κ3) is 1.63. The van der Waals surface area contributed by atoms with Crippen molar-refractivity contribution in [3.63, 3.8) is 0 Å². The molecule has 3 heterocycles. The van der Waals surface area contributed by atoms with Crippen LogP contribution in [0.1, 0.15) is 12.8 Å². The highest BCUT2D eigenvalue weighted by molar-refractivity contribution is 5.95. The zero-order valence-corrected chi connectivity index (χ0v) is 9.98. The standard InChI is InChI=1S/C13H12O6/c14-9-4-7(11(15)17-9)5-1-2-6-8(3-5)12(16)19-13-10(6)18-13/h1-2,5-8,10,13H,3-4H2. The molecule has 6 heteroatoms. The molecule has 100 valence electrons. The van der Waals surface area contributed by atoms with Gasteiger partial charge in [0.1, 0.15) is 6.10 Å². The van der Waals surface area contributed by atoms with Gasteiger partial charge in [-0.3, -0.25) is 14.4 Å². The first-order valence-corrected chi connectivity index (χ1v) is 6.42. The van der Waals surface area contributed by atoms with Crippen molar-refractivity contribution in [3.8, 4) is 0 Å². The van der Waals surface area contributed by atoms with Crippen LogP contribution in [0.4, 0.5) is 0 Å². The monoisotopic (exact) mass is 264 g/mol. The van der Waals surface area contributed by atoms with Crippen molar-refractivity contribution in [2.75, 3.05) is 0 Å². The van der Waals surface area contributed by atoms with E-state index < -0.39 is 17.9 Å². The topological polar surface area (TPSA) is 82.2 Å². The third-order valence-corrected chi connectivity index (χ3v) is 4.39. The van der Waals surface area contributed by atoms with Gasteiger partial charge in [0.2, 0.25) is 6.29 Å². The minimum Gasteiger partial charge on any atom is -0.433 e. The van der Waals surface area contributed by atoms with Crippen LogP contribution in [0.3, 0.4) is 0 Å². The summed E-state index contributed by atoms with van der Waals surface area (Å²) in [6.45, 7) is 0. The number of hydrogen-bond donors (Lipinski definition) is 0. The molecule has 0 N–H and O–H groups in total. The summed E-state index contributed by atoms with van der Waals surface area (Å²) < 4.78 is 15.0. The Balaban J connectivity index is 1.57. The number of carbonyl (C=O) groups is 3. The normalized spacial score (nSPS) is 47.3. The number of allylic oxidation sites excluding steroid dienone is 1. The molecule has 4 aliphatic rings. The lowest BCUT2D eigenvalue weighted by Gasteiger charge is -2.32. The molecule has 19 heavy (non-hydrogen) atoms. The number of hydrogen-bond acceptors (Lipinski definition) is 6. The molecule has 0 radical (unpaired) electrons. The summed E-state index contributed by atoms with van der Waals surface area (Å²) in [7, 11) is 0. The van der Waals surface area contributed by atoms with E-state index in [1.165, 1.54) is 0 Å². The molecule has 6 atom stereocenters. The minimum absolute atomic E-state index is 0.0305. The Kier molecular flexibility index (Phi) is 2.15. The summed E-state index contributed by atoms with van der Waals surface area (Å²) in [5.74, 6) is -2.07. The highest BCUT2D eigenvalue weighted by Gasteiger charge is 2.58. The van der Waals surface area contributed by atoms with Gasteiger partial charge in [0, 0.05) is 5.92 Å². The number of carbonyl (C=O) groups excluding carboxylic acids is 3. The zero-order valence-electron chi connectivity index (χ0n) is 9.98. The van der Waals surface area contributed by atoms with Crippen LogP contribution in [0.5, 0.6) is 0 Å². The van der Waals surface area contributed by atoms with E-state index in [2.05, 4.69) is 4.74 Å². The van der Waals surface area contributed by atoms with Gasteiger partial charge in [-0.25, -0.2) is 0 Å². The third-order valence-electron chi connectivity index (χ3n) is 4.39. The Morgan fingerprint density at radius 3 is 2.63 bits per heavy atom. The maximum absolute atomic E-state index is 11.9. The SMILES string of the molecule is O=C1CC(C2C=CC3C(C2)C(=O)OC2OC23)C(=O)O1. The summed E-state index contributed by atoms with van der Waals surface area (Å²) >= 11 is 0. The number of epoxide rings is 1. The van der Waals surface area contributed by atoms with Crippen molar-refractivity contribution in [1.82, 2.24) is 0 Å². The maximum Gasteiger partial charge on any atom is 0.317 e. The molecule has 6 nitrogen and oxygen atoms in total. The Morgan fingerprint density at radius 2 is 1.89 bits per heavy atom. The molecule has 0 aromatic heterocycles. The van der Waals surface area contributed by atoms with Crippen molar-refractivity contribution >= 4 is 17.9 Å². The Labute approximate surface area is 108 Å². The first kappa shape index (κ1) is 11.2. The average molecular weight is 264 g/mol. The van der Waals surface area contributed by atoms with Crippen LogP contribution < -0.4 is 0 Å². The van der Waals surface area contributed by atoms with Crippen LogP contribution in [0.15, 0.2) is 12.2 Å². The number of esters is 3. The van der Waals surface area contributed by atoms with Crippen LogP contribution >= 0.6 is 0 Å². The molecule has 6 unspecified atom stereocenters. The van der Waals surface area contributed by atoms with Crippen LogP contribution in [-0.2, 0) is 28.6 Å². The van der Waals surface area contributed by atoms with Gasteiger partial charge in [-0.05, 0) is 12.3 Å². The van der Waals surface area contributed by atoms with E-state index in [0.717, 1.165) is 0 Å². The first-order valence-electron chi connectivity index (χ1n) is 6.42. The van der Waals surface area contributed by atoms with Crippen molar-refractivity contribution in [3.05, 3.63) is 12.2 Å². The first-order chi connectivity index (χ1) is 9.13. The highest BCUT2D eigenvalue weighted by Crippen LogP contribution is 2.47. The highest BCUT2D eigenvalue weighted by atomic mass is 16.8. The van der Waals surface area contributed by atoms with Crippen molar-refractivity contribution in [1.29, 1.82) is 0 Å². The number of ether oxygens (including phenoxy) is 3. The molecule has 3 aliphatic heterocycles. The minimum atomic E-state index is -0.484. The Morgan fingerprint density at radius 1 is 1.05 bits per heavy atom. The summed E-state index contributed by atoms with van der Waals surface area (Å²) in [5, 5.41) is 0. The summed E-state index contributed by atoms with van der Waals surface area (Å²) in [6.07, 6.45) is 4.05. The molecular weight excluding hydrogens is 252 g/mol. The fraction of sp³-hybridized carbons (Fsp3) is 0.615. The van der Waals surface area contributed by atoms with E-state index in [4.69, 9.17) is 9.47 Å². The molecule has 0 spiro atoms. The van der Waals surface area contributed by atoms with Gasteiger partial charge in [-0.15, -0.1) is 0 Å². The molecule has 0 aromatic rings. The number of cyclic esters (lactones) is 2. The van der Waals surface area contributed by atoms with Crippen molar-refractivity contribution in [2.24, 2.45) is 23.7 Å². The van der Waals surface area contributed by atoms with Gasteiger partial charge in [0.15, 0.2) is 0 Å². The van der Waals surface area contributed by atoms with Gasteiger partial charge in [0.05, 0.1) is 18.3 Å². The van der Waals surface area contributed by atoms with Gasteiger partial charge < -0.3 is 14.2 Å². The lowest BCUT2D eigenvalue weighted by molar-refractivity contribution is -0.159. The summed E-state index contributed by atoms with van der Waals surface area (Å²) in [6, 6.07) is 0. The maximum atomic E-state index is 11.9. The predicted molar refractivity (Wildman–Crippen MR) is 58.2 cm³/mol. The Bertz CT molecular complexity index is 509. The molecule has 3 fully saturated rings. The largest absolute Gasteiger partial charge is 0.433 e. The van der Waals surface area contributed by atoms with Crippen LogP contribution in [0.2, 0.25) is 0 Å². The molecule has 4 rings (SSSR count). The predicted octanol–water partition coefficient (Wildman–Crippen LogP) is 0.166. The molecule has 0 aromatic carbocycles. The zero-order chi connectivity index (χ0) is 13.1. The van der Waals surface area contributed by atoms with E-state index in [0.29, 0.717) is 6.42 Å². The molecule has 0 bridgehead atoms. The van der Waals surface area contributed by atoms with Gasteiger partial charge in [0.25, 0.3) is 0 Å². The second-order valence-electron chi connectivity index (χ2n) is 5.48. The van der Waals surface area contributed by atoms with Crippen molar-refractivity contribution < 1.29 is 28.6 Å². The Hall–Kier alpha value is -1.69. The number of rotatable bonds is 1. The van der Waals surface area contributed by atoms with Gasteiger partial charge in [-0.2, -0.15) is 0 Å². The van der Waals surface area contributed by atoms with Crippen molar-refractivity contribution in [2.45, 2.75) is 25.2 Å². The van der Waals surface area contributed by atoms with Crippen LogP contribution in [-0.4, -0.2) is 30.3 Å². The van der Waals surface area contributed by atoms with Crippen LogP contribution in [0, 0.1) is 23.7 Å². The smallest absolute Gasteiger partial charge is 0.317 e. The molecule has 0 saturated carbocycles. The molecule has 0 amide bonds. The lowest BCUT2D eigenvalue weighted by Crippen LogP contribution is -2.39. The fourth-order valence-corrected chi connectivity index (χ4v) is 3.32. The second kappa shape index (κ2) is 3.66. The molecular formula is C13H12O6. The van der Waals surface area contributed by atoms with Gasteiger partial charge >= 0.3 is 17.9 Å². The quantitative estimate of drug-likeness (QED) is 0.290. The molecule has 3 saturated heterocycles. The van der Waals surface area contributed by atoms with Crippen LogP contribution in [0.25, 0.3) is 0 Å². The van der Waals surface area contributed by atoms with E-state index in [1.54, 1.807) is 0 Å². The molecule has 1 aliphatic carbocycles. The fourth-order valence-electron chi connectivity index (χ4n) is 3.32. The second-order valence-corrected chi connectivity index (χ2v) is 5.48. The summed E-state index contributed by atoms with van der Waals surface area (Å²) in [4.78, 5) is 34.6.